The number of nitro benzene ring substituents is 1. The van der Waals surface area contributed by atoms with Gasteiger partial charge in [0.15, 0.2) is 0 Å². The molecule has 0 saturated carbocycles. The second-order valence-electron chi connectivity index (χ2n) is 4.44. The minimum atomic E-state index is -0.443. The molecule has 1 aromatic heterocycles. The molecular formula is C14H17N5O3. The second-order valence-corrected chi connectivity index (χ2v) is 4.44. The lowest BCUT2D eigenvalue weighted by Crippen LogP contribution is -2.12. The molecule has 2 aromatic rings. The lowest BCUT2D eigenvalue weighted by Gasteiger charge is -2.10. The molecule has 0 saturated heterocycles. The maximum atomic E-state index is 10.9. The van der Waals surface area contributed by atoms with Crippen molar-refractivity contribution in [3.8, 4) is 0 Å². The summed E-state index contributed by atoms with van der Waals surface area (Å²) in [5.74, 6) is 0.957. The number of nitrogens with one attached hydrogen (secondary N) is 2. The van der Waals surface area contributed by atoms with Crippen molar-refractivity contribution >= 4 is 28.4 Å². The van der Waals surface area contributed by atoms with E-state index in [4.69, 9.17) is 4.74 Å². The van der Waals surface area contributed by atoms with Gasteiger partial charge in [-0.3, -0.25) is 10.1 Å². The molecule has 1 aromatic carbocycles. The van der Waals surface area contributed by atoms with Crippen molar-refractivity contribution in [3.63, 3.8) is 0 Å². The summed E-state index contributed by atoms with van der Waals surface area (Å²) < 4.78 is 4.97. The van der Waals surface area contributed by atoms with Gasteiger partial charge in [0.1, 0.15) is 5.82 Å². The molecular weight excluding hydrogens is 286 g/mol. The number of aromatic nitrogens is 2. The molecule has 8 nitrogen and oxygen atoms in total. The van der Waals surface area contributed by atoms with E-state index < -0.39 is 4.92 Å². The minimum absolute atomic E-state index is 0.00200. The molecule has 0 fully saturated rings. The minimum Gasteiger partial charge on any atom is -0.383 e. The van der Waals surface area contributed by atoms with Gasteiger partial charge in [0.2, 0.25) is 5.95 Å². The van der Waals surface area contributed by atoms with Crippen LogP contribution in [0, 0.1) is 10.1 Å². The lowest BCUT2D eigenvalue weighted by atomic mass is 10.2. The second kappa shape index (κ2) is 7.32. The highest BCUT2D eigenvalue weighted by molar-refractivity contribution is 5.91. The number of hydrogen-bond donors (Lipinski definition) is 2. The summed E-state index contributed by atoms with van der Waals surface area (Å²) in [6, 6.07) is 4.49. The van der Waals surface area contributed by atoms with Crippen molar-refractivity contribution in [2.45, 2.75) is 0 Å². The third kappa shape index (κ3) is 3.67. The number of benzene rings is 1. The number of hydrogen-bond acceptors (Lipinski definition) is 7. The van der Waals surface area contributed by atoms with Crippen molar-refractivity contribution in [1.29, 1.82) is 0 Å². The Morgan fingerprint density at radius 3 is 2.91 bits per heavy atom. The normalized spacial score (nSPS) is 10.4. The van der Waals surface area contributed by atoms with Gasteiger partial charge in [-0.25, -0.2) is 4.98 Å². The van der Waals surface area contributed by atoms with Gasteiger partial charge in [-0.05, 0) is 6.07 Å². The smallest absolute Gasteiger partial charge is 0.270 e. The fourth-order valence-electron chi connectivity index (χ4n) is 1.88. The van der Waals surface area contributed by atoms with Crippen LogP contribution in [0.25, 0.3) is 10.9 Å². The maximum Gasteiger partial charge on any atom is 0.270 e. The Kier molecular flexibility index (Phi) is 5.21. The Hall–Kier alpha value is -2.74. The topological polar surface area (TPSA) is 102 Å². The summed E-state index contributed by atoms with van der Waals surface area (Å²) in [4.78, 5) is 19.2. The average molecular weight is 303 g/mol. The van der Waals surface area contributed by atoms with E-state index in [2.05, 4.69) is 27.2 Å². The van der Waals surface area contributed by atoms with Crippen LogP contribution in [0.4, 0.5) is 17.5 Å². The molecule has 0 atom stereocenters. The number of ether oxygens (including phenoxy) is 1. The molecule has 0 radical (unpaired) electrons. The van der Waals surface area contributed by atoms with E-state index in [-0.39, 0.29) is 5.69 Å². The number of methoxy groups -OCH3 is 1. The van der Waals surface area contributed by atoms with Crippen LogP contribution in [0.2, 0.25) is 0 Å². The molecule has 1 heterocycles. The largest absolute Gasteiger partial charge is 0.383 e. The van der Waals surface area contributed by atoms with Gasteiger partial charge in [0, 0.05) is 37.7 Å². The highest BCUT2D eigenvalue weighted by Crippen LogP contribution is 2.26. The molecule has 2 N–H and O–H groups in total. The molecule has 0 spiro atoms. The molecule has 0 amide bonds. The van der Waals surface area contributed by atoms with Gasteiger partial charge in [-0.2, -0.15) is 4.98 Å². The van der Waals surface area contributed by atoms with Crippen LogP contribution in [0.15, 0.2) is 30.9 Å². The van der Waals surface area contributed by atoms with Crippen LogP contribution in [-0.2, 0) is 4.74 Å². The zero-order valence-electron chi connectivity index (χ0n) is 12.2. The summed E-state index contributed by atoms with van der Waals surface area (Å²) in [5.41, 5.74) is 0.616. The van der Waals surface area contributed by atoms with Crippen molar-refractivity contribution in [3.05, 3.63) is 41.0 Å². The first-order valence-corrected chi connectivity index (χ1v) is 6.69. The van der Waals surface area contributed by atoms with Gasteiger partial charge < -0.3 is 15.4 Å². The summed E-state index contributed by atoms with van der Waals surface area (Å²) >= 11 is 0. The zero-order chi connectivity index (χ0) is 15.9. The molecule has 0 aliphatic heterocycles. The van der Waals surface area contributed by atoms with Gasteiger partial charge in [-0.15, -0.1) is 6.58 Å². The van der Waals surface area contributed by atoms with E-state index in [1.54, 1.807) is 19.3 Å². The first kappa shape index (κ1) is 15.6. The predicted octanol–water partition coefficient (Wildman–Crippen LogP) is 2.19. The summed E-state index contributed by atoms with van der Waals surface area (Å²) in [5, 5.41) is 17.6. The first-order chi connectivity index (χ1) is 10.7. The Balaban J connectivity index is 2.42. The van der Waals surface area contributed by atoms with Crippen LogP contribution >= 0.6 is 0 Å². The Bertz CT molecular complexity index is 689. The molecule has 8 heteroatoms. The van der Waals surface area contributed by atoms with Gasteiger partial charge in [0.05, 0.1) is 17.0 Å². The van der Waals surface area contributed by atoms with Crippen molar-refractivity contribution in [2.75, 3.05) is 37.4 Å². The summed E-state index contributed by atoms with van der Waals surface area (Å²) in [6.07, 6.45) is 1.68. The Labute approximate surface area is 127 Å². The summed E-state index contributed by atoms with van der Waals surface area (Å²) in [6.45, 7) is 5.22. The van der Waals surface area contributed by atoms with Crippen LogP contribution in [0.5, 0.6) is 0 Å². The fraction of sp³-hybridized carbons (Fsp3) is 0.286. The Morgan fingerprint density at radius 1 is 1.41 bits per heavy atom. The fourth-order valence-corrected chi connectivity index (χ4v) is 1.88. The van der Waals surface area contributed by atoms with Crippen molar-refractivity contribution in [2.24, 2.45) is 0 Å². The monoisotopic (exact) mass is 303 g/mol. The molecule has 0 bridgehead atoms. The molecule has 0 aliphatic rings. The number of fused-ring (bicyclic) bond motifs is 1. The van der Waals surface area contributed by atoms with Crippen molar-refractivity contribution in [1.82, 2.24) is 9.97 Å². The molecule has 0 aliphatic carbocycles. The average Bonchev–Trinajstić information content (AvgIpc) is 2.52. The molecule has 2 rings (SSSR count). The van der Waals surface area contributed by atoms with Gasteiger partial charge in [0.25, 0.3) is 5.69 Å². The lowest BCUT2D eigenvalue weighted by molar-refractivity contribution is -0.384. The highest BCUT2D eigenvalue weighted by Gasteiger charge is 2.12. The zero-order valence-corrected chi connectivity index (χ0v) is 12.2. The van der Waals surface area contributed by atoms with Gasteiger partial charge >= 0.3 is 0 Å². The number of anilines is 2. The first-order valence-electron chi connectivity index (χ1n) is 6.69. The van der Waals surface area contributed by atoms with E-state index >= 15 is 0 Å². The van der Waals surface area contributed by atoms with Crippen LogP contribution in [0.1, 0.15) is 0 Å². The highest BCUT2D eigenvalue weighted by atomic mass is 16.6. The summed E-state index contributed by atoms with van der Waals surface area (Å²) in [7, 11) is 1.61. The third-order valence-corrected chi connectivity index (χ3v) is 2.89. The quantitative estimate of drug-likeness (QED) is 0.333. The van der Waals surface area contributed by atoms with E-state index in [9.17, 15) is 10.1 Å². The van der Waals surface area contributed by atoms with Crippen LogP contribution in [-0.4, -0.2) is 41.7 Å². The number of non-ortho nitro benzene ring substituents is 1. The standard InChI is InChI=1S/C14H17N5O3/c1-3-6-15-13-11-9-10(19(20)21)4-5-12(11)17-14(18-13)16-7-8-22-2/h3-5,9H,1,6-8H2,2H3,(H2,15,16,17,18). The number of rotatable bonds is 8. The van der Waals surface area contributed by atoms with Gasteiger partial charge in [-0.1, -0.05) is 6.08 Å². The molecule has 116 valence electrons. The Morgan fingerprint density at radius 2 is 2.23 bits per heavy atom. The third-order valence-electron chi connectivity index (χ3n) is 2.89. The SMILES string of the molecule is C=CCNc1nc(NCCOC)nc2ccc([N+](=O)[O-])cc12. The molecule has 0 unspecified atom stereocenters. The number of nitro groups is 1. The van der Waals surface area contributed by atoms with Crippen molar-refractivity contribution < 1.29 is 9.66 Å². The van der Waals surface area contributed by atoms with E-state index in [1.165, 1.54) is 12.1 Å². The van der Waals surface area contributed by atoms with Crippen LogP contribution in [0.3, 0.4) is 0 Å². The van der Waals surface area contributed by atoms with Crippen LogP contribution < -0.4 is 10.6 Å². The van der Waals surface area contributed by atoms with E-state index in [0.29, 0.717) is 42.4 Å². The van der Waals surface area contributed by atoms with E-state index in [0.717, 1.165) is 0 Å². The molecule has 22 heavy (non-hydrogen) atoms. The van der Waals surface area contributed by atoms with E-state index in [1.807, 2.05) is 0 Å². The predicted molar refractivity (Wildman–Crippen MR) is 85.2 cm³/mol. The maximum absolute atomic E-state index is 10.9. The number of nitrogens with zero attached hydrogens (tertiary/aromatic N) is 3.